The number of carbonyl (C=O) groups excluding carboxylic acids is 1. The highest BCUT2D eigenvalue weighted by Crippen LogP contribution is 2.26. The third-order valence-corrected chi connectivity index (χ3v) is 2.97. The molecule has 17 heavy (non-hydrogen) atoms. The normalized spacial score (nSPS) is 12.5. The van der Waals surface area contributed by atoms with Crippen LogP contribution in [0.1, 0.15) is 52.0 Å². The molecule has 0 aliphatic rings. The predicted octanol–water partition coefficient (Wildman–Crippen LogP) is 4.18. The fraction of sp³-hybridized carbons (Fsp3) is 0.533. The monoisotopic (exact) mass is 233 g/mol. The van der Waals surface area contributed by atoms with Gasteiger partial charge < -0.3 is 5.32 Å². The summed E-state index contributed by atoms with van der Waals surface area (Å²) in [6, 6.07) is 8.08. The van der Waals surface area contributed by atoms with Gasteiger partial charge in [-0.2, -0.15) is 0 Å². The number of rotatable bonds is 5. The van der Waals surface area contributed by atoms with Gasteiger partial charge in [-0.25, -0.2) is 0 Å². The van der Waals surface area contributed by atoms with Crippen LogP contribution in [0.15, 0.2) is 24.3 Å². The van der Waals surface area contributed by atoms with Crippen molar-refractivity contribution in [3.05, 3.63) is 29.8 Å². The van der Waals surface area contributed by atoms with Crippen LogP contribution < -0.4 is 5.32 Å². The van der Waals surface area contributed by atoms with Gasteiger partial charge in [-0.3, -0.25) is 4.79 Å². The molecular formula is C15H23NO. The van der Waals surface area contributed by atoms with E-state index in [1.807, 2.05) is 18.2 Å². The van der Waals surface area contributed by atoms with E-state index < -0.39 is 0 Å². The van der Waals surface area contributed by atoms with Gasteiger partial charge in [-0.15, -0.1) is 0 Å². The average molecular weight is 233 g/mol. The van der Waals surface area contributed by atoms with Crippen molar-refractivity contribution < 1.29 is 4.79 Å². The Kier molecular flexibility index (Phi) is 5.20. The maximum absolute atomic E-state index is 11.8. The molecule has 0 saturated heterocycles. The van der Waals surface area contributed by atoms with Crippen LogP contribution in [-0.4, -0.2) is 5.91 Å². The van der Waals surface area contributed by atoms with E-state index in [0.717, 1.165) is 12.1 Å². The van der Waals surface area contributed by atoms with Crippen molar-refractivity contribution >= 4 is 11.6 Å². The molecule has 0 aliphatic heterocycles. The van der Waals surface area contributed by atoms with Gasteiger partial charge in [-0.1, -0.05) is 45.9 Å². The van der Waals surface area contributed by atoms with Gasteiger partial charge in [0, 0.05) is 12.1 Å². The van der Waals surface area contributed by atoms with Gasteiger partial charge in [0.05, 0.1) is 0 Å². The molecule has 0 aromatic heterocycles. The lowest BCUT2D eigenvalue weighted by molar-refractivity contribution is -0.116. The fourth-order valence-corrected chi connectivity index (χ4v) is 1.83. The summed E-state index contributed by atoms with van der Waals surface area (Å²) >= 11 is 0. The van der Waals surface area contributed by atoms with Crippen LogP contribution in [0, 0.1) is 5.92 Å². The van der Waals surface area contributed by atoms with Crippen LogP contribution in [0.25, 0.3) is 0 Å². The third-order valence-electron chi connectivity index (χ3n) is 2.97. The van der Waals surface area contributed by atoms with E-state index in [1.54, 1.807) is 0 Å². The Labute approximate surface area is 104 Å². The zero-order chi connectivity index (χ0) is 12.8. The summed E-state index contributed by atoms with van der Waals surface area (Å²) < 4.78 is 0. The molecule has 0 heterocycles. The Balaban J connectivity index is 2.80. The van der Waals surface area contributed by atoms with E-state index in [4.69, 9.17) is 0 Å². The highest BCUT2D eigenvalue weighted by molar-refractivity contribution is 5.91. The van der Waals surface area contributed by atoms with E-state index in [2.05, 4.69) is 39.1 Å². The lowest BCUT2D eigenvalue weighted by Gasteiger charge is -2.16. The first-order chi connectivity index (χ1) is 8.04. The quantitative estimate of drug-likeness (QED) is 0.812. The third kappa shape index (κ3) is 4.22. The van der Waals surface area contributed by atoms with Crippen LogP contribution in [0.2, 0.25) is 0 Å². The van der Waals surface area contributed by atoms with E-state index in [9.17, 15) is 4.79 Å². The van der Waals surface area contributed by atoms with Crippen molar-refractivity contribution in [2.45, 2.75) is 46.5 Å². The maximum atomic E-state index is 11.8. The lowest BCUT2D eigenvalue weighted by atomic mass is 9.96. The van der Waals surface area contributed by atoms with Gasteiger partial charge in [0.15, 0.2) is 0 Å². The smallest absolute Gasteiger partial charge is 0.224 e. The molecule has 1 rings (SSSR count). The Morgan fingerprint density at radius 1 is 1.24 bits per heavy atom. The van der Waals surface area contributed by atoms with Gasteiger partial charge in [0.25, 0.3) is 0 Å². The first-order valence-corrected chi connectivity index (χ1v) is 6.43. The zero-order valence-corrected chi connectivity index (χ0v) is 11.3. The molecule has 94 valence electrons. The molecular weight excluding hydrogens is 210 g/mol. The number of anilines is 1. The summed E-state index contributed by atoms with van der Waals surface area (Å²) in [5.41, 5.74) is 2.19. The van der Waals surface area contributed by atoms with E-state index in [1.165, 1.54) is 5.56 Å². The number of amides is 1. The molecule has 0 bridgehead atoms. The topological polar surface area (TPSA) is 29.1 Å². The lowest BCUT2D eigenvalue weighted by Crippen LogP contribution is -2.15. The maximum Gasteiger partial charge on any atom is 0.224 e. The van der Waals surface area contributed by atoms with Crippen LogP contribution in [0.4, 0.5) is 5.69 Å². The molecule has 2 nitrogen and oxygen atoms in total. The Bertz CT molecular complexity index is 371. The second kappa shape index (κ2) is 6.43. The minimum absolute atomic E-state index is 0.107. The number of carbonyl (C=O) groups is 1. The molecule has 0 spiro atoms. The van der Waals surface area contributed by atoms with Crippen LogP contribution in [0.5, 0.6) is 0 Å². The standard InChI is InChI=1S/C15H23NO/c1-5-12(4)13-8-6-7-9-14(13)16-15(17)10-11(2)3/h6-9,11-12H,5,10H2,1-4H3,(H,16,17)/t12-/m0/s1. The van der Waals surface area contributed by atoms with Gasteiger partial charge in [-0.05, 0) is 29.9 Å². The summed E-state index contributed by atoms with van der Waals surface area (Å²) in [4.78, 5) is 11.8. The molecule has 1 amide bonds. The average Bonchev–Trinajstić information content (AvgIpc) is 2.27. The Morgan fingerprint density at radius 2 is 1.88 bits per heavy atom. The number of benzene rings is 1. The van der Waals surface area contributed by atoms with Crippen molar-refractivity contribution in [3.8, 4) is 0 Å². The van der Waals surface area contributed by atoms with Crippen molar-refractivity contribution in [2.75, 3.05) is 5.32 Å². The SMILES string of the molecule is CC[C@H](C)c1ccccc1NC(=O)CC(C)C. The molecule has 0 unspecified atom stereocenters. The van der Waals surface area contributed by atoms with Crippen molar-refractivity contribution in [3.63, 3.8) is 0 Å². The Hall–Kier alpha value is -1.31. The minimum Gasteiger partial charge on any atom is -0.326 e. The summed E-state index contributed by atoms with van der Waals surface area (Å²) in [6.45, 7) is 8.46. The minimum atomic E-state index is 0.107. The zero-order valence-electron chi connectivity index (χ0n) is 11.3. The summed E-state index contributed by atoms with van der Waals surface area (Å²) in [6.07, 6.45) is 1.66. The molecule has 0 aliphatic carbocycles. The predicted molar refractivity (Wildman–Crippen MR) is 73.2 cm³/mol. The number of para-hydroxylation sites is 1. The van der Waals surface area contributed by atoms with Crippen LogP contribution >= 0.6 is 0 Å². The largest absolute Gasteiger partial charge is 0.326 e. The number of hydrogen-bond acceptors (Lipinski definition) is 1. The number of nitrogens with one attached hydrogen (secondary N) is 1. The van der Waals surface area contributed by atoms with Gasteiger partial charge in [0.1, 0.15) is 0 Å². The number of hydrogen-bond donors (Lipinski definition) is 1. The fourth-order valence-electron chi connectivity index (χ4n) is 1.83. The van der Waals surface area contributed by atoms with Crippen molar-refractivity contribution in [2.24, 2.45) is 5.92 Å². The molecule has 1 atom stereocenters. The van der Waals surface area contributed by atoms with Crippen molar-refractivity contribution in [1.82, 2.24) is 0 Å². The molecule has 1 aromatic carbocycles. The summed E-state index contributed by atoms with van der Waals surface area (Å²) in [5.74, 6) is 0.979. The highest BCUT2D eigenvalue weighted by atomic mass is 16.1. The highest BCUT2D eigenvalue weighted by Gasteiger charge is 2.11. The van der Waals surface area contributed by atoms with Crippen LogP contribution in [-0.2, 0) is 4.79 Å². The molecule has 1 N–H and O–H groups in total. The first kappa shape index (κ1) is 13.8. The van der Waals surface area contributed by atoms with E-state index in [-0.39, 0.29) is 5.91 Å². The molecule has 0 saturated carbocycles. The second-order valence-electron chi connectivity index (χ2n) is 5.04. The molecule has 0 fully saturated rings. The first-order valence-electron chi connectivity index (χ1n) is 6.43. The van der Waals surface area contributed by atoms with E-state index in [0.29, 0.717) is 18.3 Å². The van der Waals surface area contributed by atoms with Gasteiger partial charge in [0.2, 0.25) is 5.91 Å². The molecule has 2 heteroatoms. The summed E-state index contributed by atoms with van der Waals surface area (Å²) in [5, 5.41) is 3.02. The Morgan fingerprint density at radius 3 is 2.47 bits per heavy atom. The molecule has 1 aromatic rings. The van der Waals surface area contributed by atoms with Gasteiger partial charge >= 0.3 is 0 Å². The molecule has 0 radical (unpaired) electrons. The van der Waals surface area contributed by atoms with Crippen LogP contribution in [0.3, 0.4) is 0 Å². The van der Waals surface area contributed by atoms with Crippen molar-refractivity contribution in [1.29, 1.82) is 0 Å². The summed E-state index contributed by atoms with van der Waals surface area (Å²) in [7, 11) is 0. The van der Waals surface area contributed by atoms with E-state index >= 15 is 0 Å². The second-order valence-corrected chi connectivity index (χ2v) is 5.04.